The van der Waals surface area contributed by atoms with Crippen molar-refractivity contribution in [1.29, 1.82) is 0 Å². The number of methoxy groups -OCH3 is 1. The van der Waals surface area contributed by atoms with Gasteiger partial charge in [-0.15, -0.1) is 0 Å². The third-order valence-corrected chi connectivity index (χ3v) is 3.56. The highest BCUT2D eigenvalue weighted by Crippen LogP contribution is 2.16. The smallest absolute Gasteiger partial charge is 0.326 e. The van der Waals surface area contributed by atoms with Gasteiger partial charge < -0.3 is 25.8 Å². The van der Waals surface area contributed by atoms with Crippen LogP contribution < -0.4 is 11.1 Å². The van der Waals surface area contributed by atoms with Crippen LogP contribution in [-0.2, 0) is 14.3 Å². The van der Waals surface area contributed by atoms with Crippen LogP contribution in [0, 0.1) is 5.92 Å². The molecule has 0 aliphatic carbocycles. The molecule has 21 heavy (non-hydrogen) atoms. The van der Waals surface area contributed by atoms with Gasteiger partial charge in [0.1, 0.15) is 6.04 Å². The van der Waals surface area contributed by atoms with Gasteiger partial charge in [-0.3, -0.25) is 4.79 Å². The normalized spacial score (nSPS) is 19.9. The number of primary amides is 1. The number of piperidine rings is 1. The van der Waals surface area contributed by atoms with Gasteiger partial charge in [0.2, 0.25) is 5.91 Å². The third-order valence-electron chi connectivity index (χ3n) is 3.56. The first-order chi connectivity index (χ1) is 9.95. The molecule has 1 aliphatic rings. The number of likely N-dealkylation sites (tertiary alicyclic amines) is 1. The Morgan fingerprint density at radius 3 is 2.76 bits per heavy atom. The van der Waals surface area contributed by atoms with Crippen LogP contribution in [0.3, 0.4) is 0 Å². The molecule has 1 fully saturated rings. The largest absolute Gasteiger partial charge is 0.480 e. The third kappa shape index (κ3) is 5.58. The molecule has 1 rings (SSSR count). The van der Waals surface area contributed by atoms with Gasteiger partial charge in [-0.05, 0) is 25.7 Å². The van der Waals surface area contributed by atoms with Gasteiger partial charge in [0.25, 0.3) is 0 Å². The Balaban J connectivity index is 2.52. The first kappa shape index (κ1) is 17.2. The Hall–Kier alpha value is -1.83. The van der Waals surface area contributed by atoms with Crippen molar-refractivity contribution in [2.24, 2.45) is 11.7 Å². The van der Waals surface area contributed by atoms with Crippen LogP contribution in [0.25, 0.3) is 0 Å². The molecule has 3 amide bonds. The summed E-state index contributed by atoms with van der Waals surface area (Å²) in [5.74, 6) is -1.82. The fourth-order valence-electron chi connectivity index (χ4n) is 2.37. The number of nitrogens with two attached hydrogens (primary N) is 1. The molecule has 2 unspecified atom stereocenters. The summed E-state index contributed by atoms with van der Waals surface area (Å²) >= 11 is 0. The minimum atomic E-state index is -1.07. The number of nitrogens with one attached hydrogen (secondary N) is 1. The molecular formula is C13H23N3O5. The van der Waals surface area contributed by atoms with Crippen LogP contribution in [0.4, 0.5) is 4.79 Å². The SMILES string of the molecule is COCCCC(NC(=O)C1CCCN(C(N)=O)C1)C(=O)O. The second-order valence-corrected chi connectivity index (χ2v) is 5.16. The number of aliphatic carboxylic acids is 1. The number of hydrogen-bond acceptors (Lipinski definition) is 4. The number of nitrogens with zero attached hydrogens (tertiary/aromatic N) is 1. The number of carboxylic acids is 1. The molecule has 1 saturated heterocycles. The predicted molar refractivity (Wildman–Crippen MR) is 74.6 cm³/mol. The maximum Gasteiger partial charge on any atom is 0.326 e. The first-order valence-electron chi connectivity index (χ1n) is 7.02. The van der Waals surface area contributed by atoms with E-state index in [0.29, 0.717) is 38.8 Å². The molecule has 120 valence electrons. The summed E-state index contributed by atoms with van der Waals surface area (Å²) in [7, 11) is 1.54. The van der Waals surface area contributed by atoms with Crippen molar-refractivity contribution < 1.29 is 24.2 Å². The van der Waals surface area contributed by atoms with Crippen LogP contribution >= 0.6 is 0 Å². The summed E-state index contributed by atoms with van der Waals surface area (Å²) in [6, 6.07) is -1.49. The second-order valence-electron chi connectivity index (χ2n) is 5.16. The van der Waals surface area contributed by atoms with Crippen molar-refractivity contribution >= 4 is 17.9 Å². The lowest BCUT2D eigenvalue weighted by molar-refractivity contribution is -0.143. The maximum absolute atomic E-state index is 12.1. The predicted octanol–water partition coefficient (Wildman–Crippen LogP) is -0.227. The number of carboxylic acid groups (broad SMARTS) is 1. The molecule has 8 nitrogen and oxygen atoms in total. The van der Waals surface area contributed by atoms with Crippen LogP contribution in [0.1, 0.15) is 25.7 Å². The highest BCUT2D eigenvalue weighted by Gasteiger charge is 2.30. The highest BCUT2D eigenvalue weighted by atomic mass is 16.5. The van der Waals surface area contributed by atoms with E-state index in [0.717, 1.165) is 0 Å². The topological polar surface area (TPSA) is 122 Å². The standard InChI is InChI=1S/C13H23N3O5/c1-21-7-3-5-10(12(18)19)15-11(17)9-4-2-6-16(8-9)13(14)20/h9-10H,2-8H2,1H3,(H2,14,20)(H,15,17)(H,18,19). The van der Waals surface area contributed by atoms with Gasteiger partial charge >= 0.3 is 12.0 Å². The molecule has 0 bridgehead atoms. The van der Waals surface area contributed by atoms with E-state index in [-0.39, 0.29) is 12.5 Å². The Labute approximate surface area is 123 Å². The fraction of sp³-hybridized carbons (Fsp3) is 0.769. The lowest BCUT2D eigenvalue weighted by atomic mass is 9.96. The number of rotatable bonds is 7. The van der Waals surface area contributed by atoms with E-state index in [9.17, 15) is 14.4 Å². The number of amides is 3. The Morgan fingerprint density at radius 2 is 2.19 bits per heavy atom. The van der Waals surface area contributed by atoms with Crippen LogP contribution in [0.2, 0.25) is 0 Å². The average molecular weight is 301 g/mol. The van der Waals surface area contributed by atoms with E-state index in [1.165, 1.54) is 12.0 Å². The Morgan fingerprint density at radius 1 is 1.48 bits per heavy atom. The van der Waals surface area contributed by atoms with Crippen molar-refractivity contribution in [1.82, 2.24) is 10.2 Å². The lowest BCUT2D eigenvalue weighted by Crippen LogP contribution is -2.50. The molecule has 0 aromatic heterocycles. The lowest BCUT2D eigenvalue weighted by Gasteiger charge is -2.31. The van der Waals surface area contributed by atoms with Crippen molar-refractivity contribution in [3.05, 3.63) is 0 Å². The zero-order chi connectivity index (χ0) is 15.8. The van der Waals surface area contributed by atoms with E-state index < -0.39 is 24.0 Å². The minimum Gasteiger partial charge on any atom is -0.480 e. The quantitative estimate of drug-likeness (QED) is 0.561. The molecule has 0 saturated carbocycles. The number of urea groups is 1. The highest BCUT2D eigenvalue weighted by molar-refractivity contribution is 5.85. The van der Waals surface area contributed by atoms with Gasteiger partial charge in [0.15, 0.2) is 0 Å². The van der Waals surface area contributed by atoms with Crippen molar-refractivity contribution in [3.63, 3.8) is 0 Å². The fourth-order valence-corrected chi connectivity index (χ4v) is 2.37. The van der Waals surface area contributed by atoms with Gasteiger partial charge in [0.05, 0.1) is 5.92 Å². The Kier molecular flexibility index (Phi) is 6.93. The summed E-state index contributed by atoms with van der Waals surface area (Å²) in [5, 5.41) is 11.7. The molecular weight excluding hydrogens is 278 g/mol. The van der Waals surface area contributed by atoms with Gasteiger partial charge in [-0.25, -0.2) is 9.59 Å². The molecule has 2 atom stereocenters. The van der Waals surface area contributed by atoms with Gasteiger partial charge in [-0.1, -0.05) is 0 Å². The number of carbonyl (C=O) groups is 3. The zero-order valence-corrected chi connectivity index (χ0v) is 12.2. The number of ether oxygens (including phenoxy) is 1. The molecule has 1 aliphatic heterocycles. The van der Waals surface area contributed by atoms with Gasteiger partial charge in [0, 0.05) is 26.8 Å². The summed E-state index contributed by atoms with van der Waals surface area (Å²) < 4.78 is 4.87. The van der Waals surface area contributed by atoms with Crippen molar-refractivity contribution in [3.8, 4) is 0 Å². The number of carbonyl (C=O) groups excluding carboxylic acids is 2. The zero-order valence-electron chi connectivity index (χ0n) is 12.2. The molecule has 0 radical (unpaired) electrons. The molecule has 0 spiro atoms. The summed E-state index contributed by atoms with van der Waals surface area (Å²) in [5.41, 5.74) is 5.21. The molecule has 4 N–H and O–H groups in total. The monoisotopic (exact) mass is 301 g/mol. The van der Waals surface area contributed by atoms with Crippen LogP contribution in [0.5, 0.6) is 0 Å². The summed E-state index contributed by atoms with van der Waals surface area (Å²) in [6.45, 7) is 1.22. The summed E-state index contributed by atoms with van der Waals surface area (Å²) in [4.78, 5) is 35.8. The van der Waals surface area contributed by atoms with E-state index in [4.69, 9.17) is 15.6 Å². The second kappa shape index (κ2) is 8.46. The number of hydrogen-bond donors (Lipinski definition) is 3. The van der Waals surface area contributed by atoms with E-state index >= 15 is 0 Å². The molecule has 0 aromatic rings. The summed E-state index contributed by atoms with van der Waals surface area (Å²) in [6.07, 6.45) is 2.16. The van der Waals surface area contributed by atoms with Crippen LogP contribution in [-0.4, -0.2) is 60.8 Å². The van der Waals surface area contributed by atoms with Crippen molar-refractivity contribution in [2.45, 2.75) is 31.7 Å². The van der Waals surface area contributed by atoms with Gasteiger partial charge in [-0.2, -0.15) is 0 Å². The van der Waals surface area contributed by atoms with E-state index in [1.54, 1.807) is 0 Å². The van der Waals surface area contributed by atoms with E-state index in [1.807, 2.05) is 0 Å². The first-order valence-corrected chi connectivity index (χ1v) is 7.02. The maximum atomic E-state index is 12.1. The molecule has 8 heteroatoms. The molecule has 1 heterocycles. The van der Waals surface area contributed by atoms with Crippen molar-refractivity contribution in [2.75, 3.05) is 26.8 Å². The van der Waals surface area contributed by atoms with E-state index in [2.05, 4.69) is 5.32 Å². The van der Waals surface area contributed by atoms with Crippen LogP contribution in [0.15, 0.2) is 0 Å². The minimum absolute atomic E-state index is 0.242. The average Bonchev–Trinajstić information content (AvgIpc) is 2.46. The molecule has 0 aromatic carbocycles. The Bertz CT molecular complexity index is 388.